The van der Waals surface area contributed by atoms with E-state index in [0.717, 1.165) is 45.5 Å². The van der Waals surface area contributed by atoms with Crippen LogP contribution in [-0.4, -0.2) is 9.13 Å². The molecule has 0 aliphatic rings. The van der Waals surface area contributed by atoms with Crippen molar-refractivity contribution in [1.82, 2.24) is 9.13 Å². The molecule has 4 nitrogen and oxygen atoms in total. The van der Waals surface area contributed by atoms with Gasteiger partial charge in [-0.25, -0.2) is 0 Å². The molecular weight excluding hydrogens is 1040 g/mol. The van der Waals surface area contributed by atoms with Crippen molar-refractivity contribution >= 4 is 121 Å². The Morgan fingerprint density at radius 2 is 0.512 bits per heavy atom. The highest BCUT2D eigenvalue weighted by molar-refractivity contribution is 6.26. The summed E-state index contributed by atoms with van der Waals surface area (Å²) < 4.78 is 4.77. The van der Waals surface area contributed by atoms with E-state index >= 15 is 0 Å². The van der Waals surface area contributed by atoms with Gasteiger partial charge in [0.15, 0.2) is 0 Å². The summed E-state index contributed by atoms with van der Waals surface area (Å²) in [7, 11) is 0. The van der Waals surface area contributed by atoms with Gasteiger partial charge in [-0.1, -0.05) is 218 Å². The van der Waals surface area contributed by atoms with Crippen molar-refractivity contribution in [3.05, 3.63) is 328 Å². The van der Waals surface area contributed by atoms with E-state index in [2.05, 4.69) is 347 Å². The summed E-state index contributed by atoms with van der Waals surface area (Å²) in [5.74, 6) is 0. The average Bonchev–Trinajstić information content (AvgIpc) is 1.20. The molecular formula is C82H54N4. The van der Waals surface area contributed by atoms with Crippen LogP contribution in [0.1, 0.15) is 0 Å². The van der Waals surface area contributed by atoms with Crippen LogP contribution in [0.3, 0.4) is 0 Å². The molecule has 0 radical (unpaired) electrons. The highest BCUT2D eigenvalue weighted by Crippen LogP contribution is 2.51. The molecule has 0 unspecified atom stereocenters. The van der Waals surface area contributed by atoms with Crippen LogP contribution in [0, 0.1) is 0 Å². The van der Waals surface area contributed by atoms with Crippen LogP contribution in [0.4, 0.5) is 34.1 Å². The van der Waals surface area contributed by atoms with Gasteiger partial charge in [0.1, 0.15) is 0 Å². The van der Waals surface area contributed by atoms with Crippen LogP contribution >= 0.6 is 0 Å². The van der Waals surface area contributed by atoms with Crippen LogP contribution in [0.5, 0.6) is 0 Å². The molecule has 86 heavy (non-hydrogen) atoms. The van der Waals surface area contributed by atoms with Crippen molar-refractivity contribution < 1.29 is 0 Å². The highest BCUT2D eigenvalue weighted by Gasteiger charge is 2.25. The molecule has 0 aliphatic heterocycles. The second-order valence-corrected chi connectivity index (χ2v) is 22.3. The van der Waals surface area contributed by atoms with Crippen LogP contribution in [-0.2, 0) is 0 Å². The van der Waals surface area contributed by atoms with Crippen LogP contribution < -0.4 is 9.80 Å². The molecule has 2 aromatic heterocycles. The SMILES string of the molecule is c1ccc(N(c2ccc3c(c2)c2ccccc2n3-c2ccccc2)c2cccc3c(-c4c5ccccc5c(-c5ccc(N(c6ccccc6)c6ccc7c(c6)c6ccccc6n7-c6ccccc6)c6ccccc56)c5ccccc45)cccc23)cc1. The molecule has 0 aliphatic carbocycles. The number of rotatable bonds is 10. The third-order valence-electron chi connectivity index (χ3n) is 17.6. The van der Waals surface area contributed by atoms with Crippen molar-refractivity contribution in [1.29, 1.82) is 0 Å². The fourth-order valence-corrected chi connectivity index (χ4v) is 14.0. The third kappa shape index (κ3) is 7.77. The van der Waals surface area contributed by atoms with Crippen LogP contribution in [0.2, 0.25) is 0 Å². The van der Waals surface area contributed by atoms with Crippen molar-refractivity contribution in [2.24, 2.45) is 0 Å². The fraction of sp³-hybridized carbons (Fsp3) is 0. The van der Waals surface area contributed by atoms with Crippen molar-refractivity contribution in [3.8, 4) is 33.6 Å². The smallest absolute Gasteiger partial charge is 0.0542 e. The van der Waals surface area contributed by atoms with Crippen molar-refractivity contribution in [2.45, 2.75) is 0 Å². The Labute approximate surface area is 498 Å². The first-order valence-corrected chi connectivity index (χ1v) is 29.6. The van der Waals surface area contributed by atoms with Gasteiger partial charge in [-0.05, 0) is 164 Å². The van der Waals surface area contributed by atoms with Crippen molar-refractivity contribution in [3.63, 3.8) is 0 Å². The molecule has 0 spiro atoms. The number of aromatic nitrogens is 2. The minimum atomic E-state index is 1.09. The second kappa shape index (κ2) is 20.2. The molecule has 15 aromatic carbocycles. The monoisotopic (exact) mass is 1090 g/mol. The van der Waals surface area contributed by atoms with Crippen LogP contribution in [0.15, 0.2) is 328 Å². The van der Waals surface area contributed by atoms with Gasteiger partial charge in [0.25, 0.3) is 0 Å². The van der Waals surface area contributed by atoms with E-state index in [-0.39, 0.29) is 0 Å². The largest absolute Gasteiger partial charge is 0.310 e. The van der Waals surface area contributed by atoms with Gasteiger partial charge in [0, 0.05) is 66.4 Å². The maximum atomic E-state index is 2.44. The lowest BCUT2D eigenvalue weighted by Gasteiger charge is -2.28. The van der Waals surface area contributed by atoms with Gasteiger partial charge in [-0.3, -0.25) is 0 Å². The molecule has 17 aromatic rings. The summed E-state index contributed by atoms with van der Waals surface area (Å²) in [6.45, 7) is 0. The molecule has 0 amide bonds. The molecule has 0 saturated heterocycles. The predicted molar refractivity (Wildman–Crippen MR) is 365 cm³/mol. The Balaban J connectivity index is 0.839. The van der Waals surface area contributed by atoms with E-state index in [9.17, 15) is 0 Å². The van der Waals surface area contributed by atoms with E-state index in [4.69, 9.17) is 0 Å². The Hall–Kier alpha value is -11.5. The van der Waals surface area contributed by atoms with Gasteiger partial charge in [0.2, 0.25) is 0 Å². The normalized spacial score (nSPS) is 11.7. The quantitative estimate of drug-likeness (QED) is 0.127. The zero-order chi connectivity index (χ0) is 56.7. The number of benzene rings is 15. The van der Waals surface area contributed by atoms with E-state index in [0.29, 0.717) is 0 Å². The Morgan fingerprint density at radius 3 is 0.977 bits per heavy atom. The fourth-order valence-electron chi connectivity index (χ4n) is 14.0. The maximum absolute atomic E-state index is 2.44. The average molecular weight is 1100 g/mol. The highest BCUT2D eigenvalue weighted by atomic mass is 15.2. The molecule has 0 atom stereocenters. The second-order valence-electron chi connectivity index (χ2n) is 22.3. The molecule has 4 heteroatoms. The van der Waals surface area contributed by atoms with Gasteiger partial charge in [-0.15, -0.1) is 0 Å². The summed E-state index contributed by atoms with van der Waals surface area (Å²) in [5.41, 5.74) is 18.5. The predicted octanol–water partition coefficient (Wildman–Crippen LogP) is 22.8. The zero-order valence-corrected chi connectivity index (χ0v) is 47.0. The van der Waals surface area contributed by atoms with Gasteiger partial charge >= 0.3 is 0 Å². The lowest BCUT2D eigenvalue weighted by molar-refractivity contribution is 1.18. The molecule has 0 saturated carbocycles. The lowest BCUT2D eigenvalue weighted by Crippen LogP contribution is -2.10. The summed E-state index contributed by atoms with van der Waals surface area (Å²) >= 11 is 0. The summed E-state index contributed by atoms with van der Waals surface area (Å²) in [6, 6.07) is 120. The molecule has 0 N–H and O–H groups in total. The van der Waals surface area contributed by atoms with Gasteiger partial charge in [0.05, 0.1) is 33.4 Å². The molecule has 0 fully saturated rings. The summed E-state index contributed by atoms with van der Waals surface area (Å²) in [4.78, 5) is 4.88. The molecule has 0 bridgehead atoms. The Kier molecular flexibility index (Phi) is 11.5. The number of nitrogens with zero attached hydrogens (tertiary/aromatic N) is 4. The Morgan fingerprint density at radius 1 is 0.186 bits per heavy atom. The van der Waals surface area contributed by atoms with Gasteiger partial charge in [-0.2, -0.15) is 0 Å². The van der Waals surface area contributed by atoms with E-state index in [1.807, 2.05) is 0 Å². The molecule has 402 valence electrons. The molecule has 17 rings (SSSR count). The van der Waals surface area contributed by atoms with E-state index in [1.165, 1.54) is 109 Å². The lowest BCUT2D eigenvalue weighted by atomic mass is 9.83. The minimum absolute atomic E-state index is 1.09. The Bertz CT molecular complexity index is 5120. The number of hydrogen-bond acceptors (Lipinski definition) is 2. The summed E-state index contributed by atoms with van der Waals surface area (Å²) in [6.07, 6.45) is 0. The number of para-hydroxylation sites is 6. The molecule has 2 heterocycles. The number of fused-ring (bicyclic) bond motifs is 10. The van der Waals surface area contributed by atoms with Gasteiger partial charge < -0.3 is 18.9 Å². The number of hydrogen-bond donors (Lipinski definition) is 0. The van der Waals surface area contributed by atoms with Crippen LogP contribution in [0.25, 0.3) is 120 Å². The first-order chi connectivity index (χ1) is 42.7. The van der Waals surface area contributed by atoms with E-state index in [1.54, 1.807) is 0 Å². The van der Waals surface area contributed by atoms with Crippen molar-refractivity contribution in [2.75, 3.05) is 9.80 Å². The summed E-state index contributed by atoms with van der Waals surface area (Å²) in [5, 5.41) is 14.4. The number of anilines is 6. The standard InChI is InChI=1S/C82H54N4/c1-5-25-55(26-6-1)83(59-47-50-79-73(53-59)65-35-19-21-44-76(65)85(79)57-29-9-3-10-30-57)75-46-24-41-62-64(75)42-23-43-67(62)81-68-37-15-17-39-70(68)82(71-40-18-16-38-69(71)81)72-49-52-78(63-34-14-13-33-61(63)72)84(56-27-7-2-8-28-56)60-48-51-80-74(54-60)66-36-20-22-45-77(66)86(80)58-31-11-4-12-32-58/h1-54H. The first kappa shape index (κ1) is 49.2. The van der Waals surface area contributed by atoms with E-state index < -0.39 is 0 Å². The topological polar surface area (TPSA) is 16.3 Å². The minimum Gasteiger partial charge on any atom is -0.310 e. The third-order valence-corrected chi connectivity index (χ3v) is 17.6. The maximum Gasteiger partial charge on any atom is 0.0542 e. The first-order valence-electron chi connectivity index (χ1n) is 29.6. The zero-order valence-electron chi connectivity index (χ0n) is 47.0.